The first-order valence-electron chi connectivity index (χ1n) is 10.2. The number of benzene rings is 1. The minimum atomic E-state index is -0.117. The number of amides is 2. The van der Waals surface area contributed by atoms with Gasteiger partial charge in [0.25, 0.3) is 5.91 Å². The molecule has 1 saturated heterocycles. The van der Waals surface area contributed by atoms with E-state index in [-0.39, 0.29) is 23.9 Å². The number of carbonyl (C=O) groups excluding carboxylic acids is 2. The van der Waals surface area contributed by atoms with Crippen LogP contribution in [0.1, 0.15) is 55.9 Å². The van der Waals surface area contributed by atoms with Gasteiger partial charge in [-0.15, -0.1) is 11.3 Å². The third-order valence-electron chi connectivity index (χ3n) is 6.06. The fraction of sp³-hybridized carbons (Fsp3) is 0.500. The van der Waals surface area contributed by atoms with E-state index in [9.17, 15) is 9.59 Å². The Morgan fingerprint density at radius 2 is 2.11 bits per heavy atom. The molecular formula is C22H27N3O2S. The molecule has 4 unspecified atom stereocenters. The van der Waals surface area contributed by atoms with Crippen LogP contribution < -0.4 is 10.6 Å². The molecule has 2 amide bonds. The maximum Gasteiger partial charge on any atom is 0.270 e. The average Bonchev–Trinajstić information content (AvgIpc) is 3.19. The van der Waals surface area contributed by atoms with Crippen LogP contribution in [0.25, 0.3) is 10.6 Å². The molecule has 2 aromatic rings. The summed E-state index contributed by atoms with van der Waals surface area (Å²) >= 11 is 1.49. The molecule has 1 aliphatic carbocycles. The van der Waals surface area contributed by atoms with Crippen molar-refractivity contribution in [3.63, 3.8) is 0 Å². The van der Waals surface area contributed by atoms with Gasteiger partial charge in [-0.25, -0.2) is 4.98 Å². The topological polar surface area (TPSA) is 71.1 Å². The van der Waals surface area contributed by atoms with Crippen LogP contribution in [-0.2, 0) is 4.79 Å². The van der Waals surface area contributed by atoms with Gasteiger partial charge in [0, 0.05) is 29.4 Å². The standard InChI is InChI=1S/C22H27N3O2S/c1-2-6-15-11-20(26)24-18-12-16(9-10-17(15)18)23-21(27)19-13-28-22(25-19)14-7-4-3-5-8-14/h3-5,7-8,13,15-18H,2,6,9-12H2,1H3,(H,23,27)(H,24,26). The Bertz CT molecular complexity index is 835. The third-order valence-corrected chi connectivity index (χ3v) is 6.95. The summed E-state index contributed by atoms with van der Waals surface area (Å²) in [5.74, 6) is 1.09. The Morgan fingerprint density at radius 1 is 1.29 bits per heavy atom. The van der Waals surface area contributed by atoms with E-state index in [0.29, 0.717) is 24.0 Å². The maximum atomic E-state index is 12.7. The molecule has 4 atom stereocenters. The van der Waals surface area contributed by atoms with Crippen LogP contribution in [0.5, 0.6) is 0 Å². The Balaban J connectivity index is 1.38. The van der Waals surface area contributed by atoms with Crippen molar-refractivity contribution in [3.05, 3.63) is 41.4 Å². The zero-order valence-electron chi connectivity index (χ0n) is 16.2. The molecule has 0 radical (unpaired) electrons. The van der Waals surface area contributed by atoms with Crippen LogP contribution in [-0.4, -0.2) is 28.9 Å². The Hall–Kier alpha value is -2.21. The number of aromatic nitrogens is 1. The van der Waals surface area contributed by atoms with Gasteiger partial charge in [0.15, 0.2) is 0 Å². The van der Waals surface area contributed by atoms with Gasteiger partial charge >= 0.3 is 0 Å². The van der Waals surface area contributed by atoms with Crippen molar-refractivity contribution >= 4 is 23.2 Å². The lowest BCUT2D eigenvalue weighted by molar-refractivity contribution is -0.127. The summed E-state index contributed by atoms with van der Waals surface area (Å²) < 4.78 is 0. The number of hydrogen-bond acceptors (Lipinski definition) is 4. The number of rotatable bonds is 5. The van der Waals surface area contributed by atoms with Gasteiger partial charge in [0.1, 0.15) is 10.7 Å². The van der Waals surface area contributed by atoms with Crippen LogP contribution in [0.4, 0.5) is 0 Å². The predicted molar refractivity (Wildman–Crippen MR) is 111 cm³/mol. The molecule has 2 aliphatic rings. The van der Waals surface area contributed by atoms with Crippen molar-refractivity contribution in [3.8, 4) is 10.6 Å². The fourth-order valence-electron chi connectivity index (χ4n) is 4.75. The summed E-state index contributed by atoms with van der Waals surface area (Å²) in [6.45, 7) is 2.19. The molecule has 2 N–H and O–H groups in total. The lowest BCUT2D eigenvalue weighted by atomic mass is 9.70. The fourth-order valence-corrected chi connectivity index (χ4v) is 5.55. The smallest absolute Gasteiger partial charge is 0.270 e. The predicted octanol–water partition coefficient (Wildman–Crippen LogP) is 4.01. The van der Waals surface area contributed by atoms with E-state index in [1.807, 2.05) is 35.7 Å². The van der Waals surface area contributed by atoms with Crippen LogP contribution in [0.2, 0.25) is 0 Å². The molecule has 148 valence electrons. The van der Waals surface area contributed by atoms with Crippen molar-refractivity contribution in [1.29, 1.82) is 0 Å². The first-order chi connectivity index (χ1) is 13.6. The van der Waals surface area contributed by atoms with Crippen LogP contribution in [0.3, 0.4) is 0 Å². The highest BCUT2D eigenvalue weighted by molar-refractivity contribution is 7.13. The SMILES string of the molecule is CCCC1CC(=O)NC2CC(NC(=O)c3csc(-c4ccccc4)n3)CCC12. The van der Waals surface area contributed by atoms with Crippen molar-refractivity contribution in [2.24, 2.45) is 11.8 Å². The van der Waals surface area contributed by atoms with Crippen molar-refractivity contribution < 1.29 is 9.59 Å². The number of piperidine rings is 1. The van der Waals surface area contributed by atoms with E-state index >= 15 is 0 Å². The molecule has 1 aromatic heterocycles. The maximum absolute atomic E-state index is 12.7. The third kappa shape index (κ3) is 4.12. The van der Waals surface area contributed by atoms with E-state index in [4.69, 9.17) is 0 Å². The number of nitrogens with zero attached hydrogens (tertiary/aromatic N) is 1. The second-order valence-electron chi connectivity index (χ2n) is 7.98. The van der Waals surface area contributed by atoms with Gasteiger partial charge < -0.3 is 10.6 Å². The van der Waals surface area contributed by atoms with Gasteiger partial charge in [-0.1, -0.05) is 43.7 Å². The van der Waals surface area contributed by atoms with E-state index in [1.54, 1.807) is 0 Å². The highest BCUT2D eigenvalue weighted by Gasteiger charge is 2.40. The molecule has 5 nitrogen and oxygen atoms in total. The lowest BCUT2D eigenvalue weighted by Gasteiger charge is -2.44. The zero-order valence-corrected chi connectivity index (χ0v) is 17.0. The normalized spacial score (nSPS) is 27.0. The minimum Gasteiger partial charge on any atom is -0.353 e. The Morgan fingerprint density at radius 3 is 2.89 bits per heavy atom. The second-order valence-corrected chi connectivity index (χ2v) is 8.84. The number of hydrogen-bond donors (Lipinski definition) is 2. The molecule has 6 heteroatoms. The van der Waals surface area contributed by atoms with Crippen molar-refractivity contribution in [2.75, 3.05) is 0 Å². The molecule has 1 aliphatic heterocycles. The van der Waals surface area contributed by atoms with Crippen LogP contribution in [0, 0.1) is 11.8 Å². The summed E-state index contributed by atoms with van der Waals surface area (Å²) in [6.07, 6.45) is 5.75. The molecule has 28 heavy (non-hydrogen) atoms. The first-order valence-corrected chi connectivity index (χ1v) is 11.1. The van der Waals surface area contributed by atoms with Crippen LogP contribution in [0.15, 0.2) is 35.7 Å². The van der Waals surface area contributed by atoms with Gasteiger partial charge in [-0.2, -0.15) is 0 Å². The van der Waals surface area contributed by atoms with Crippen LogP contribution >= 0.6 is 11.3 Å². The van der Waals surface area contributed by atoms with E-state index in [1.165, 1.54) is 11.3 Å². The first kappa shape index (κ1) is 19.1. The highest BCUT2D eigenvalue weighted by Crippen LogP contribution is 2.37. The summed E-state index contributed by atoms with van der Waals surface area (Å²) in [5.41, 5.74) is 1.50. The highest BCUT2D eigenvalue weighted by atomic mass is 32.1. The summed E-state index contributed by atoms with van der Waals surface area (Å²) in [6, 6.07) is 10.2. The molecular weight excluding hydrogens is 370 g/mol. The molecule has 0 spiro atoms. The van der Waals surface area contributed by atoms with Gasteiger partial charge in [0.05, 0.1) is 0 Å². The molecule has 4 rings (SSSR count). The Labute approximate surface area is 170 Å². The number of nitrogens with one attached hydrogen (secondary N) is 2. The lowest BCUT2D eigenvalue weighted by Crippen LogP contribution is -2.55. The van der Waals surface area contributed by atoms with Gasteiger partial charge in [-0.3, -0.25) is 9.59 Å². The number of carbonyl (C=O) groups is 2. The molecule has 1 aromatic carbocycles. The quantitative estimate of drug-likeness (QED) is 0.801. The monoisotopic (exact) mass is 397 g/mol. The van der Waals surface area contributed by atoms with Crippen molar-refractivity contribution in [2.45, 2.75) is 57.5 Å². The summed E-state index contributed by atoms with van der Waals surface area (Å²) in [5, 5.41) is 9.00. The van der Waals surface area contributed by atoms with E-state index < -0.39 is 0 Å². The van der Waals surface area contributed by atoms with E-state index in [2.05, 4.69) is 22.5 Å². The number of thiazole rings is 1. The van der Waals surface area contributed by atoms with Gasteiger partial charge in [-0.05, 0) is 37.5 Å². The van der Waals surface area contributed by atoms with Gasteiger partial charge in [0.2, 0.25) is 5.91 Å². The zero-order chi connectivity index (χ0) is 19.5. The summed E-state index contributed by atoms with van der Waals surface area (Å²) in [4.78, 5) is 29.3. The molecule has 1 saturated carbocycles. The molecule has 2 fully saturated rings. The van der Waals surface area contributed by atoms with Crippen molar-refractivity contribution in [1.82, 2.24) is 15.6 Å². The number of fused-ring (bicyclic) bond motifs is 1. The molecule has 0 bridgehead atoms. The Kier molecular flexibility index (Phi) is 5.76. The van der Waals surface area contributed by atoms with E-state index in [0.717, 1.165) is 42.7 Å². The minimum absolute atomic E-state index is 0.0938. The summed E-state index contributed by atoms with van der Waals surface area (Å²) in [7, 11) is 0. The average molecular weight is 398 g/mol. The second kappa shape index (κ2) is 8.43. The largest absolute Gasteiger partial charge is 0.353 e. The molecule has 2 heterocycles.